The van der Waals surface area contributed by atoms with E-state index in [0.29, 0.717) is 18.4 Å². The molecule has 0 saturated carbocycles. The molecule has 2 aromatic rings. The summed E-state index contributed by atoms with van der Waals surface area (Å²) in [5, 5.41) is 3.04. The number of benzene rings is 1. The number of alkyl halides is 3. The third-order valence-corrected chi connectivity index (χ3v) is 4.38. The van der Waals surface area contributed by atoms with Crippen molar-refractivity contribution in [3.8, 4) is 5.88 Å². The van der Waals surface area contributed by atoms with Gasteiger partial charge in [0, 0.05) is 23.9 Å². The molecule has 1 aromatic heterocycles. The zero-order valence-corrected chi connectivity index (χ0v) is 14.0. The minimum absolute atomic E-state index is 0.172. The van der Waals surface area contributed by atoms with Crippen molar-refractivity contribution in [2.75, 3.05) is 0 Å². The van der Waals surface area contributed by atoms with Crippen molar-refractivity contribution in [2.45, 2.75) is 37.2 Å². The second kappa shape index (κ2) is 7.51. The first-order valence-corrected chi connectivity index (χ1v) is 8.25. The van der Waals surface area contributed by atoms with Crippen LogP contribution in [0.15, 0.2) is 42.6 Å². The molecule has 3 unspecified atom stereocenters. The molecule has 3 rings (SSSR count). The van der Waals surface area contributed by atoms with Gasteiger partial charge in [0.15, 0.2) is 0 Å². The van der Waals surface area contributed by atoms with Crippen molar-refractivity contribution in [3.63, 3.8) is 0 Å². The van der Waals surface area contributed by atoms with Gasteiger partial charge in [-0.3, -0.25) is 10.1 Å². The van der Waals surface area contributed by atoms with E-state index in [4.69, 9.17) is 10.5 Å². The molecule has 1 aromatic carbocycles. The fraction of sp³-hybridized carbons (Fsp3) is 0.333. The lowest BCUT2D eigenvalue weighted by Crippen LogP contribution is -2.37. The van der Waals surface area contributed by atoms with Gasteiger partial charge in [-0.05, 0) is 24.5 Å². The molecule has 27 heavy (non-hydrogen) atoms. The summed E-state index contributed by atoms with van der Waals surface area (Å²) < 4.78 is 58.8. The number of nitrogens with two attached hydrogens (primary N) is 1. The normalized spacial score (nSPS) is 21.0. The number of hydrogen-bond donors (Lipinski definition) is 2. The summed E-state index contributed by atoms with van der Waals surface area (Å²) in [7, 11) is 0. The number of primary amides is 1. The van der Waals surface area contributed by atoms with Gasteiger partial charge in [0.05, 0.1) is 6.04 Å². The number of halogens is 4. The monoisotopic (exact) mass is 383 g/mol. The largest absolute Gasteiger partial charge is 0.460 e. The van der Waals surface area contributed by atoms with Gasteiger partial charge in [-0.2, -0.15) is 13.2 Å². The third-order valence-electron chi connectivity index (χ3n) is 4.38. The average Bonchev–Trinajstić information content (AvgIpc) is 3.10. The van der Waals surface area contributed by atoms with Crippen LogP contribution in [0.5, 0.6) is 5.88 Å². The SMILES string of the molecule is NC(=O)C1CCC(c2ccc(OC(c3ccccc3F)C(F)(F)F)nc2)N1. The molecule has 0 aliphatic carbocycles. The second-order valence-corrected chi connectivity index (χ2v) is 6.24. The van der Waals surface area contributed by atoms with E-state index in [9.17, 15) is 22.4 Å². The van der Waals surface area contributed by atoms with Gasteiger partial charge in [0.2, 0.25) is 17.9 Å². The maximum absolute atomic E-state index is 13.8. The highest BCUT2D eigenvalue weighted by Crippen LogP contribution is 2.37. The fourth-order valence-electron chi connectivity index (χ4n) is 3.01. The van der Waals surface area contributed by atoms with Crippen LogP contribution in [0.4, 0.5) is 17.6 Å². The van der Waals surface area contributed by atoms with E-state index >= 15 is 0 Å². The van der Waals surface area contributed by atoms with Crippen molar-refractivity contribution in [3.05, 3.63) is 59.5 Å². The summed E-state index contributed by atoms with van der Waals surface area (Å²) in [4.78, 5) is 15.1. The van der Waals surface area contributed by atoms with Gasteiger partial charge < -0.3 is 10.5 Å². The van der Waals surface area contributed by atoms with E-state index in [2.05, 4.69) is 10.3 Å². The van der Waals surface area contributed by atoms with Crippen LogP contribution in [-0.4, -0.2) is 23.1 Å². The Morgan fingerprint density at radius 3 is 2.52 bits per heavy atom. The Bertz CT molecular complexity index is 811. The average molecular weight is 383 g/mol. The van der Waals surface area contributed by atoms with Gasteiger partial charge in [-0.15, -0.1) is 0 Å². The van der Waals surface area contributed by atoms with Gasteiger partial charge >= 0.3 is 6.18 Å². The number of nitrogens with one attached hydrogen (secondary N) is 1. The highest BCUT2D eigenvalue weighted by molar-refractivity contribution is 5.80. The van der Waals surface area contributed by atoms with E-state index in [-0.39, 0.29) is 11.9 Å². The van der Waals surface area contributed by atoms with Gasteiger partial charge in [0.1, 0.15) is 5.82 Å². The topological polar surface area (TPSA) is 77.2 Å². The van der Waals surface area contributed by atoms with Gasteiger partial charge in [-0.1, -0.05) is 24.3 Å². The minimum atomic E-state index is -4.82. The van der Waals surface area contributed by atoms with E-state index in [1.165, 1.54) is 24.4 Å². The minimum Gasteiger partial charge on any atom is -0.460 e. The molecule has 0 spiro atoms. The first-order valence-electron chi connectivity index (χ1n) is 8.25. The van der Waals surface area contributed by atoms with Crippen LogP contribution in [0.3, 0.4) is 0 Å². The first-order chi connectivity index (χ1) is 12.8. The highest BCUT2D eigenvalue weighted by atomic mass is 19.4. The molecule has 3 atom stereocenters. The standard InChI is InChI=1S/C18H17F4N3O2/c19-12-4-2-1-3-11(12)16(18(20,21)22)27-15-8-5-10(9-24-15)13-6-7-14(25-13)17(23)26/h1-5,8-9,13-14,16,25H,6-7H2,(H2,23,26). The lowest BCUT2D eigenvalue weighted by Gasteiger charge is -2.22. The van der Waals surface area contributed by atoms with Gasteiger partial charge in [0.25, 0.3) is 0 Å². The molecule has 1 saturated heterocycles. The molecular weight excluding hydrogens is 366 g/mol. The smallest absolute Gasteiger partial charge is 0.429 e. The molecule has 3 N–H and O–H groups in total. The number of carbonyl (C=O) groups is 1. The zero-order chi connectivity index (χ0) is 19.6. The Balaban J connectivity index is 1.76. The maximum Gasteiger partial charge on any atom is 0.429 e. The van der Waals surface area contributed by atoms with E-state index in [0.717, 1.165) is 12.1 Å². The van der Waals surface area contributed by atoms with Crippen molar-refractivity contribution in [1.29, 1.82) is 0 Å². The Labute approximate surface area is 152 Å². The predicted octanol–water partition coefficient (Wildman–Crippen LogP) is 3.18. The summed E-state index contributed by atoms with van der Waals surface area (Å²) >= 11 is 0. The fourth-order valence-corrected chi connectivity index (χ4v) is 3.01. The number of pyridine rings is 1. The van der Waals surface area contributed by atoms with Crippen molar-refractivity contribution < 1.29 is 27.1 Å². The van der Waals surface area contributed by atoms with E-state index < -0.39 is 35.6 Å². The summed E-state index contributed by atoms with van der Waals surface area (Å²) in [5.74, 6) is -1.75. The Kier molecular flexibility index (Phi) is 5.31. The van der Waals surface area contributed by atoms with Crippen LogP contribution >= 0.6 is 0 Å². The van der Waals surface area contributed by atoms with E-state index in [1.54, 1.807) is 6.07 Å². The van der Waals surface area contributed by atoms with Gasteiger partial charge in [-0.25, -0.2) is 9.37 Å². The molecule has 9 heteroatoms. The molecular formula is C18H17F4N3O2. The lowest BCUT2D eigenvalue weighted by molar-refractivity contribution is -0.199. The number of carbonyl (C=O) groups excluding carboxylic acids is 1. The first kappa shape index (κ1) is 19.1. The zero-order valence-electron chi connectivity index (χ0n) is 14.0. The Morgan fingerprint density at radius 1 is 1.22 bits per heavy atom. The molecule has 1 aliphatic rings. The van der Waals surface area contributed by atoms with Crippen LogP contribution < -0.4 is 15.8 Å². The number of nitrogens with zero attached hydrogens (tertiary/aromatic N) is 1. The third kappa shape index (κ3) is 4.36. The molecule has 1 fully saturated rings. The molecule has 1 amide bonds. The Morgan fingerprint density at radius 2 is 1.96 bits per heavy atom. The summed E-state index contributed by atoms with van der Waals surface area (Å²) in [6.45, 7) is 0. The summed E-state index contributed by atoms with van der Waals surface area (Å²) in [5.41, 5.74) is 5.33. The molecule has 2 heterocycles. The molecule has 0 bridgehead atoms. The number of aromatic nitrogens is 1. The molecule has 0 radical (unpaired) electrons. The van der Waals surface area contributed by atoms with Crippen LogP contribution in [0.25, 0.3) is 0 Å². The number of ether oxygens (including phenoxy) is 1. The summed E-state index contributed by atoms with van der Waals surface area (Å²) in [6, 6.07) is 6.79. The van der Waals surface area contributed by atoms with Crippen molar-refractivity contribution in [1.82, 2.24) is 10.3 Å². The molecule has 1 aliphatic heterocycles. The number of rotatable bonds is 5. The van der Waals surface area contributed by atoms with Crippen LogP contribution in [-0.2, 0) is 4.79 Å². The highest BCUT2D eigenvalue weighted by Gasteiger charge is 2.44. The molecule has 5 nitrogen and oxygen atoms in total. The van der Waals surface area contributed by atoms with Crippen LogP contribution in [0.1, 0.15) is 36.1 Å². The Hall–Kier alpha value is -2.68. The maximum atomic E-state index is 13.8. The quantitative estimate of drug-likeness (QED) is 0.778. The predicted molar refractivity (Wildman–Crippen MR) is 88.2 cm³/mol. The molecule has 144 valence electrons. The second-order valence-electron chi connectivity index (χ2n) is 6.24. The number of amides is 1. The van der Waals surface area contributed by atoms with Crippen molar-refractivity contribution in [2.24, 2.45) is 5.73 Å². The number of hydrogen-bond acceptors (Lipinski definition) is 4. The van der Waals surface area contributed by atoms with E-state index in [1.807, 2.05) is 0 Å². The van der Waals surface area contributed by atoms with Crippen LogP contribution in [0, 0.1) is 5.82 Å². The van der Waals surface area contributed by atoms with Crippen LogP contribution in [0.2, 0.25) is 0 Å². The lowest BCUT2D eigenvalue weighted by atomic mass is 10.1. The summed E-state index contributed by atoms with van der Waals surface area (Å²) in [6.07, 6.45) is -4.70. The van der Waals surface area contributed by atoms with Crippen molar-refractivity contribution >= 4 is 5.91 Å².